The first-order chi connectivity index (χ1) is 4.83. The zero-order chi connectivity index (χ0) is 7.40. The third-order valence-electron chi connectivity index (χ3n) is 2.35. The van der Waals surface area contributed by atoms with E-state index in [1.54, 1.807) is 0 Å². The van der Waals surface area contributed by atoms with Gasteiger partial charge in [0.25, 0.3) is 0 Å². The van der Waals surface area contributed by atoms with Crippen LogP contribution in [-0.2, 0) is 0 Å². The largest absolute Gasteiger partial charge is 0.312 e. The van der Waals surface area contributed by atoms with Crippen molar-refractivity contribution in [2.24, 2.45) is 0 Å². The lowest BCUT2D eigenvalue weighted by Crippen LogP contribution is -2.40. The molecule has 0 aromatic rings. The van der Waals surface area contributed by atoms with E-state index in [-0.39, 0.29) is 0 Å². The summed E-state index contributed by atoms with van der Waals surface area (Å²) in [6.07, 6.45) is 6.89. The molecule has 60 valence electrons. The van der Waals surface area contributed by atoms with Crippen LogP contribution in [0, 0.1) is 0 Å². The van der Waals surface area contributed by atoms with Crippen molar-refractivity contribution in [3.63, 3.8) is 0 Å². The number of rotatable bonds is 2. The van der Waals surface area contributed by atoms with E-state index in [4.69, 9.17) is 0 Å². The Morgan fingerprint density at radius 1 is 1.40 bits per heavy atom. The van der Waals surface area contributed by atoms with Crippen molar-refractivity contribution in [1.82, 2.24) is 5.32 Å². The second-order valence-electron chi connectivity index (χ2n) is 3.48. The predicted molar refractivity (Wildman–Crippen MR) is 45.1 cm³/mol. The van der Waals surface area contributed by atoms with E-state index in [1.807, 2.05) is 0 Å². The monoisotopic (exact) mass is 141 g/mol. The Bertz CT molecular complexity index is 88.7. The molecule has 1 saturated heterocycles. The van der Waals surface area contributed by atoms with Gasteiger partial charge in [-0.15, -0.1) is 0 Å². The van der Waals surface area contributed by atoms with Gasteiger partial charge in [-0.05, 0) is 26.2 Å². The summed E-state index contributed by atoms with van der Waals surface area (Å²) < 4.78 is 0. The molecule has 0 saturated carbocycles. The van der Waals surface area contributed by atoms with Crippen molar-refractivity contribution in [2.75, 3.05) is 0 Å². The molecule has 0 amide bonds. The van der Waals surface area contributed by atoms with E-state index in [0.717, 1.165) is 12.1 Å². The third kappa shape index (κ3) is 2.30. The lowest BCUT2D eigenvalue weighted by molar-refractivity contribution is 0.320. The molecule has 0 unspecified atom stereocenters. The SMILES string of the molecule is CCC[C@@H]1CCC[C@H](C)N1. The van der Waals surface area contributed by atoms with Crippen LogP contribution in [-0.4, -0.2) is 12.1 Å². The summed E-state index contributed by atoms with van der Waals surface area (Å²) in [6.45, 7) is 4.56. The molecular formula is C9H19N. The van der Waals surface area contributed by atoms with Gasteiger partial charge in [-0.2, -0.15) is 0 Å². The maximum Gasteiger partial charge on any atom is 0.00694 e. The molecule has 10 heavy (non-hydrogen) atoms. The standard InChI is InChI=1S/C9H19N/c1-3-5-9-7-4-6-8(2)10-9/h8-10H,3-7H2,1-2H3/t8-,9+/m0/s1. The first kappa shape index (κ1) is 8.06. The summed E-state index contributed by atoms with van der Waals surface area (Å²) in [6, 6.07) is 1.60. The van der Waals surface area contributed by atoms with Crippen LogP contribution >= 0.6 is 0 Å². The van der Waals surface area contributed by atoms with Gasteiger partial charge in [-0.3, -0.25) is 0 Å². The molecule has 0 radical (unpaired) electrons. The molecule has 1 nitrogen and oxygen atoms in total. The fourth-order valence-electron chi connectivity index (χ4n) is 1.82. The molecule has 1 N–H and O–H groups in total. The quantitative estimate of drug-likeness (QED) is 0.622. The van der Waals surface area contributed by atoms with E-state index in [1.165, 1.54) is 32.1 Å². The molecule has 1 aliphatic heterocycles. The Balaban J connectivity index is 2.18. The van der Waals surface area contributed by atoms with Gasteiger partial charge in [0.2, 0.25) is 0 Å². The van der Waals surface area contributed by atoms with Crippen LogP contribution in [0.2, 0.25) is 0 Å². The summed E-state index contributed by atoms with van der Waals surface area (Å²) in [5, 5.41) is 3.62. The highest BCUT2D eigenvalue weighted by atomic mass is 15.0. The van der Waals surface area contributed by atoms with Gasteiger partial charge >= 0.3 is 0 Å². The van der Waals surface area contributed by atoms with Crippen LogP contribution in [0.4, 0.5) is 0 Å². The van der Waals surface area contributed by atoms with Crippen molar-refractivity contribution in [3.05, 3.63) is 0 Å². The molecule has 1 fully saturated rings. The number of hydrogen-bond donors (Lipinski definition) is 1. The molecule has 1 aliphatic rings. The van der Waals surface area contributed by atoms with Crippen molar-refractivity contribution < 1.29 is 0 Å². The van der Waals surface area contributed by atoms with Gasteiger partial charge < -0.3 is 5.32 Å². The lowest BCUT2D eigenvalue weighted by Gasteiger charge is -2.28. The molecule has 1 heteroatoms. The Morgan fingerprint density at radius 2 is 2.20 bits per heavy atom. The van der Waals surface area contributed by atoms with E-state index in [9.17, 15) is 0 Å². The van der Waals surface area contributed by atoms with Gasteiger partial charge in [-0.25, -0.2) is 0 Å². The van der Waals surface area contributed by atoms with E-state index < -0.39 is 0 Å². The zero-order valence-corrected chi connectivity index (χ0v) is 7.19. The highest BCUT2D eigenvalue weighted by molar-refractivity contribution is 4.76. The van der Waals surface area contributed by atoms with Gasteiger partial charge in [0.05, 0.1) is 0 Å². The fourth-order valence-corrected chi connectivity index (χ4v) is 1.82. The number of piperidine rings is 1. The summed E-state index contributed by atoms with van der Waals surface area (Å²) in [5.41, 5.74) is 0. The van der Waals surface area contributed by atoms with Gasteiger partial charge in [0.15, 0.2) is 0 Å². The van der Waals surface area contributed by atoms with E-state index in [2.05, 4.69) is 19.2 Å². The van der Waals surface area contributed by atoms with Gasteiger partial charge in [-0.1, -0.05) is 19.8 Å². The van der Waals surface area contributed by atoms with Crippen LogP contribution < -0.4 is 5.32 Å². The smallest absolute Gasteiger partial charge is 0.00694 e. The van der Waals surface area contributed by atoms with Crippen LogP contribution in [0.25, 0.3) is 0 Å². The van der Waals surface area contributed by atoms with Gasteiger partial charge in [0, 0.05) is 12.1 Å². The van der Waals surface area contributed by atoms with Crippen LogP contribution in [0.3, 0.4) is 0 Å². The molecular weight excluding hydrogens is 122 g/mol. The van der Waals surface area contributed by atoms with Gasteiger partial charge in [0.1, 0.15) is 0 Å². The molecule has 2 atom stereocenters. The fraction of sp³-hybridized carbons (Fsp3) is 1.00. The highest BCUT2D eigenvalue weighted by Crippen LogP contribution is 2.15. The van der Waals surface area contributed by atoms with E-state index >= 15 is 0 Å². The minimum Gasteiger partial charge on any atom is -0.312 e. The Labute approximate surface area is 64.2 Å². The topological polar surface area (TPSA) is 12.0 Å². The second-order valence-corrected chi connectivity index (χ2v) is 3.48. The number of nitrogens with one attached hydrogen (secondary N) is 1. The average molecular weight is 141 g/mol. The summed E-state index contributed by atoms with van der Waals surface area (Å²) in [7, 11) is 0. The zero-order valence-electron chi connectivity index (χ0n) is 7.19. The second kappa shape index (κ2) is 3.97. The predicted octanol–water partition coefficient (Wildman–Crippen LogP) is 2.32. The average Bonchev–Trinajstić information content (AvgIpc) is 1.88. The molecule has 1 heterocycles. The summed E-state index contributed by atoms with van der Waals surface area (Å²) >= 11 is 0. The lowest BCUT2D eigenvalue weighted by atomic mass is 9.97. The Morgan fingerprint density at radius 3 is 2.80 bits per heavy atom. The Kier molecular flexibility index (Phi) is 3.20. The summed E-state index contributed by atoms with van der Waals surface area (Å²) in [5.74, 6) is 0. The minimum absolute atomic E-state index is 0.769. The first-order valence-electron chi connectivity index (χ1n) is 4.59. The van der Waals surface area contributed by atoms with Crippen molar-refractivity contribution in [1.29, 1.82) is 0 Å². The molecule has 0 bridgehead atoms. The highest BCUT2D eigenvalue weighted by Gasteiger charge is 2.15. The maximum absolute atomic E-state index is 3.62. The van der Waals surface area contributed by atoms with Crippen LogP contribution in [0.5, 0.6) is 0 Å². The van der Waals surface area contributed by atoms with Crippen molar-refractivity contribution in [3.8, 4) is 0 Å². The maximum atomic E-state index is 3.62. The first-order valence-corrected chi connectivity index (χ1v) is 4.59. The molecule has 1 rings (SSSR count). The van der Waals surface area contributed by atoms with Crippen LogP contribution in [0.15, 0.2) is 0 Å². The van der Waals surface area contributed by atoms with Crippen molar-refractivity contribution >= 4 is 0 Å². The normalized spacial score (nSPS) is 34.2. The molecule has 0 aromatic heterocycles. The third-order valence-corrected chi connectivity index (χ3v) is 2.35. The summed E-state index contributed by atoms with van der Waals surface area (Å²) in [4.78, 5) is 0. The Hall–Kier alpha value is -0.0400. The minimum atomic E-state index is 0.769. The van der Waals surface area contributed by atoms with Crippen LogP contribution in [0.1, 0.15) is 46.0 Å². The number of hydrogen-bond acceptors (Lipinski definition) is 1. The molecule has 0 aliphatic carbocycles. The van der Waals surface area contributed by atoms with E-state index in [0.29, 0.717) is 0 Å². The molecule has 0 aromatic carbocycles. The van der Waals surface area contributed by atoms with Crippen molar-refractivity contribution in [2.45, 2.75) is 58.0 Å². The molecule has 0 spiro atoms.